The predicted octanol–water partition coefficient (Wildman–Crippen LogP) is 4.40. The number of halogens is 2. The van der Waals surface area contributed by atoms with Crippen molar-refractivity contribution in [3.8, 4) is 0 Å². The average molecular weight is 299 g/mol. The topological polar surface area (TPSA) is 15.3 Å². The van der Waals surface area contributed by atoms with Crippen LogP contribution in [-0.2, 0) is 0 Å². The number of anilines is 1. The zero-order chi connectivity index (χ0) is 14.5. The second-order valence-electron chi connectivity index (χ2n) is 5.73. The average Bonchev–Trinajstić information content (AvgIpc) is 2.43. The summed E-state index contributed by atoms with van der Waals surface area (Å²) in [5.41, 5.74) is 0.439. The first kappa shape index (κ1) is 15.6. The summed E-state index contributed by atoms with van der Waals surface area (Å²) < 4.78 is 13.8. The SMILES string of the molecule is CCCN1CCCC(C(C)Nc2c(F)cccc2Cl)C1. The van der Waals surface area contributed by atoms with Crippen LogP contribution in [0.1, 0.15) is 33.1 Å². The molecule has 2 nitrogen and oxygen atoms in total. The highest BCUT2D eigenvalue weighted by atomic mass is 35.5. The lowest BCUT2D eigenvalue weighted by molar-refractivity contribution is 0.165. The van der Waals surface area contributed by atoms with Crippen LogP contribution in [0.5, 0.6) is 0 Å². The zero-order valence-corrected chi connectivity index (χ0v) is 13.1. The van der Waals surface area contributed by atoms with E-state index in [-0.39, 0.29) is 11.9 Å². The Morgan fingerprint density at radius 3 is 3.00 bits per heavy atom. The van der Waals surface area contributed by atoms with E-state index in [1.54, 1.807) is 12.1 Å². The van der Waals surface area contributed by atoms with Gasteiger partial charge in [0.1, 0.15) is 5.82 Å². The predicted molar refractivity (Wildman–Crippen MR) is 83.9 cm³/mol. The van der Waals surface area contributed by atoms with Gasteiger partial charge < -0.3 is 10.2 Å². The summed E-state index contributed by atoms with van der Waals surface area (Å²) in [7, 11) is 0. The summed E-state index contributed by atoms with van der Waals surface area (Å²) >= 11 is 6.08. The Balaban J connectivity index is 1.99. The molecule has 2 rings (SSSR count). The van der Waals surface area contributed by atoms with E-state index in [1.165, 1.54) is 31.9 Å². The number of para-hydroxylation sites is 1. The van der Waals surface area contributed by atoms with Crippen LogP contribution in [0, 0.1) is 11.7 Å². The van der Waals surface area contributed by atoms with E-state index in [1.807, 2.05) is 0 Å². The highest BCUT2D eigenvalue weighted by Gasteiger charge is 2.25. The van der Waals surface area contributed by atoms with Gasteiger partial charge in [0.15, 0.2) is 0 Å². The highest BCUT2D eigenvalue weighted by molar-refractivity contribution is 6.33. The Morgan fingerprint density at radius 2 is 2.30 bits per heavy atom. The van der Waals surface area contributed by atoms with Crippen molar-refractivity contribution >= 4 is 17.3 Å². The number of piperidine rings is 1. The summed E-state index contributed by atoms with van der Waals surface area (Å²) in [5, 5.41) is 3.73. The van der Waals surface area contributed by atoms with Crippen molar-refractivity contribution in [2.24, 2.45) is 5.92 Å². The van der Waals surface area contributed by atoms with Crippen LogP contribution < -0.4 is 5.32 Å². The minimum absolute atomic E-state index is 0.226. The standard InChI is InChI=1S/C16H24ClFN2/c1-3-9-20-10-5-6-13(11-20)12(2)19-16-14(17)7-4-8-15(16)18/h4,7-8,12-13,19H,3,5-6,9-11H2,1-2H3. The minimum atomic E-state index is -0.273. The maximum Gasteiger partial charge on any atom is 0.147 e. The van der Waals surface area contributed by atoms with E-state index in [0.29, 0.717) is 16.6 Å². The van der Waals surface area contributed by atoms with Crippen molar-refractivity contribution in [3.05, 3.63) is 29.0 Å². The van der Waals surface area contributed by atoms with Crippen molar-refractivity contribution in [2.75, 3.05) is 25.0 Å². The van der Waals surface area contributed by atoms with Crippen LogP contribution in [0.3, 0.4) is 0 Å². The van der Waals surface area contributed by atoms with Gasteiger partial charge in [0.05, 0.1) is 10.7 Å². The smallest absolute Gasteiger partial charge is 0.147 e. The van der Waals surface area contributed by atoms with Gasteiger partial charge in [-0.2, -0.15) is 0 Å². The maximum absolute atomic E-state index is 13.8. The van der Waals surface area contributed by atoms with Crippen LogP contribution in [0.25, 0.3) is 0 Å². The normalized spacial score (nSPS) is 21.7. The minimum Gasteiger partial charge on any atom is -0.379 e. The zero-order valence-electron chi connectivity index (χ0n) is 12.3. The fourth-order valence-corrected chi connectivity index (χ4v) is 3.22. The number of nitrogens with one attached hydrogen (secondary N) is 1. The molecule has 0 amide bonds. The van der Waals surface area contributed by atoms with Gasteiger partial charge in [0.2, 0.25) is 0 Å². The first-order valence-corrected chi connectivity index (χ1v) is 7.92. The van der Waals surface area contributed by atoms with Crippen molar-refractivity contribution in [1.29, 1.82) is 0 Å². The van der Waals surface area contributed by atoms with E-state index >= 15 is 0 Å². The number of benzene rings is 1. The summed E-state index contributed by atoms with van der Waals surface area (Å²) in [4.78, 5) is 2.51. The van der Waals surface area contributed by atoms with Gasteiger partial charge in [-0.05, 0) is 57.3 Å². The molecule has 0 aliphatic carbocycles. The summed E-state index contributed by atoms with van der Waals surface area (Å²) in [5.74, 6) is 0.275. The first-order valence-electron chi connectivity index (χ1n) is 7.54. The first-order chi connectivity index (χ1) is 9.61. The summed E-state index contributed by atoms with van der Waals surface area (Å²) in [6.07, 6.45) is 3.61. The molecule has 2 atom stereocenters. The number of hydrogen-bond donors (Lipinski definition) is 1. The van der Waals surface area contributed by atoms with Gasteiger partial charge in [0.25, 0.3) is 0 Å². The largest absolute Gasteiger partial charge is 0.379 e. The Labute approximate surface area is 126 Å². The van der Waals surface area contributed by atoms with Gasteiger partial charge >= 0.3 is 0 Å². The van der Waals surface area contributed by atoms with Crippen molar-refractivity contribution in [2.45, 2.75) is 39.2 Å². The molecule has 4 heteroatoms. The van der Waals surface area contributed by atoms with Gasteiger partial charge in [-0.3, -0.25) is 0 Å². The molecule has 0 saturated carbocycles. The molecule has 0 radical (unpaired) electrons. The van der Waals surface area contributed by atoms with Crippen molar-refractivity contribution in [3.63, 3.8) is 0 Å². The molecule has 0 spiro atoms. The Hall–Kier alpha value is -0.800. The third-order valence-electron chi connectivity index (χ3n) is 4.12. The Kier molecular flexibility index (Phi) is 5.67. The lowest BCUT2D eigenvalue weighted by Crippen LogP contribution is -2.42. The lowest BCUT2D eigenvalue weighted by Gasteiger charge is -2.36. The van der Waals surface area contributed by atoms with Gasteiger partial charge in [-0.15, -0.1) is 0 Å². The molecule has 1 aromatic rings. The molecule has 1 saturated heterocycles. The van der Waals surface area contributed by atoms with Gasteiger partial charge in [0, 0.05) is 12.6 Å². The highest BCUT2D eigenvalue weighted by Crippen LogP contribution is 2.28. The fourth-order valence-electron chi connectivity index (χ4n) is 3.00. The molecule has 112 valence electrons. The summed E-state index contributed by atoms with van der Waals surface area (Å²) in [6.45, 7) is 7.78. The second-order valence-corrected chi connectivity index (χ2v) is 6.14. The Bertz CT molecular complexity index is 416. The van der Waals surface area contributed by atoms with Crippen LogP contribution in [-0.4, -0.2) is 30.6 Å². The third-order valence-corrected chi connectivity index (χ3v) is 4.44. The molecule has 2 unspecified atom stereocenters. The number of rotatable bonds is 5. The molecule has 1 heterocycles. The molecule has 1 aliphatic rings. The molecule has 0 aromatic heterocycles. The van der Waals surface area contributed by atoms with Crippen molar-refractivity contribution in [1.82, 2.24) is 4.90 Å². The third kappa shape index (κ3) is 3.86. The molecule has 1 N–H and O–H groups in total. The molecular weight excluding hydrogens is 275 g/mol. The van der Waals surface area contributed by atoms with Crippen LogP contribution in [0.15, 0.2) is 18.2 Å². The molecule has 20 heavy (non-hydrogen) atoms. The fraction of sp³-hybridized carbons (Fsp3) is 0.625. The number of likely N-dealkylation sites (tertiary alicyclic amines) is 1. The summed E-state index contributed by atoms with van der Waals surface area (Å²) in [6, 6.07) is 5.04. The molecular formula is C16H24ClFN2. The number of nitrogens with zero attached hydrogens (tertiary/aromatic N) is 1. The monoisotopic (exact) mass is 298 g/mol. The van der Waals surface area contributed by atoms with E-state index in [4.69, 9.17) is 11.6 Å². The van der Waals surface area contributed by atoms with E-state index in [0.717, 1.165) is 13.1 Å². The quantitative estimate of drug-likeness (QED) is 0.866. The Morgan fingerprint density at radius 1 is 1.50 bits per heavy atom. The molecule has 1 fully saturated rings. The van der Waals surface area contributed by atoms with Crippen molar-refractivity contribution < 1.29 is 4.39 Å². The maximum atomic E-state index is 13.8. The lowest BCUT2D eigenvalue weighted by atomic mass is 9.91. The van der Waals surface area contributed by atoms with E-state index in [2.05, 4.69) is 24.1 Å². The van der Waals surface area contributed by atoms with Gasteiger partial charge in [-0.1, -0.05) is 24.6 Å². The molecule has 0 bridgehead atoms. The second kappa shape index (κ2) is 7.28. The van der Waals surface area contributed by atoms with E-state index < -0.39 is 0 Å². The molecule has 1 aliphatic heterocycles. The van der Waals surface area contributed by atoms with Crippen LogP contribution in [0.4, 0.5) is 10.1 Å². The van der Waals surface area contributed by atoms with Crippen LogP contribution in [0.2, 0.25) is 5.02 Å². The number of hydrogen-bond acceptors (Lipinski definition) is 2. The van der Waals surface area contributed by atoms with Gasteiger partial charge in [-0.25, -0.2) is 4.39 Å². The van der Waals surface area contributed by atoms with E-state index in [9.17, 15) is 4.39 Å². The molecule has 1 aromatic carbocycles. The van der Waals surface area contributed by atoms with Crippen LogP contribution >= 0.6 is 11.6 Å².